The number of rotatable bonds is 4. The van der Waals surface area contributed by atoms with Gasteiger partial charge in [-0.15, -0.1) is 0 Å². The van der Waals surface area contributed by atoms with Crippen LogP contribution in [0.3, 0.4) is 0 Å². The number of likely N-dealkylation sites (N-methyl/N-ethyl adjacent to an activating group) is 1. The van der Waals surface area contributed by atoms with Crippen LogP contribution in [0.15, 0.2) is 36.4 Å². The van der Waals surface area contributed by atoms with Crippen LogP contribution in [-0.4, -0.2) is 7.05 Å². The van der Waals surface area contributed by atoms with Crippen molar-refractivity contribution in [2.75, 3.05) is 7.05 Å². The second-order valence-electron chi connectivity index (χ2n) is 4.76. The van der Waals surface area contributed by atoms with Crippen LogP contribution in [-0.2, 0) is 6.42 Å². The maximum atomic E-state index is 13.8. The highest BCUT2D eigenvalue weighted by Gasteiger charge is 2.18. The second kappa shape index (κ2) is 6.09. The number of hydrogen-bond acceptors (Lipinski definition) is 1. The summed E-state index contributed by atoms with van der Waals surface area (Å²) in [5, 5.41) is 2.98. The molecule has 2 aromatic carbocycles. The Balaban J connectivity index is 2.31. The molecule has 4 heteroatoms. The molecule has 0 saturated heterocycles. The fourth-order valence-electron chi connectivity index (χ4n) is 2.27. The van der Waals surface area contributed by atoms with Crippen LogP contribution in [0.5, 0.6) is 0 Å². The average Bonchev–Trinajstić information content (AvgIpc) is 2.42. The minimum atomic E-state index is -0.862. The molecule has 0 aromatic heterocycles. The zero-order chi connectivity index (χ0) is 14.7. The highest BCUT2D eigenvalue weighted by atomic mass is 19.2. The second-order valence-corrected chi connectivity index (χ2v) is 4.76. The Morgan fingerprint density at radius 1 is 1.10 bits per heavy atom. The number of benzene rings is 2. The molecule has 106 valence electrons. The van der Waals surface area contributed by atoms with Crippen molar-refractivity contribution in [3.8, 4) is 0 Å². The van der Waals surface area contributed by atoms with Gasteiger partial charge in [-0.3, -0.25) is 0 Å². The van der Waals surface area contributed by atoms with Gasteiger partial charge >= 0.3 is 0 Å². The van der Waals surface area contributed by atoms with E-state index >= 15 is 0 Å². The first-order valence-electron chi connectivity index (χ1n) is 6.39. The Labute approximate surface area is 116 Å². The van der Waals surface area contributed by atoms with Crippen molar-refractivity contribution in [3.63, 3.8) is 0 Å². The van der Waals surface area contributed by atoms with Crippen molar-refractivity contribution >= 4 is 0 Å². The fraction of sp³-hybridized carbons (Fsp3) is 0.250. The van der Waals surface area contributed by atoms with Crippen LogP contribution >= 0.6 is 0 Å². The van der Waals surface area contributed by atoms with E-state index in [9.17, 15) is 13.2 Å². The molecule has 1 atom stereocenters. The first-order valence-corrected chi connectivity index (χ1v) is 6.39. The molecule has 0 spiro atoms. The minimum Gasteiger partial charge on any atom is -0.313 e. The zero-order valence-corrected chi connectivity index (χ0v) is 11.4. The Hall–Kier alpha value is -1.81. The van der Waals surface area contributed by atoms with E-state index in [-0.39, 0.29) is 17.4 Å². The van der Waals surface area contributed by atoms with Crippen LogP contribution in [0.25, 0.3) is 0 Å². The number of nitrogens with one attached hydrogen (secondary N) is 1. The third kappa shape index (κ3) is 3.02. The lowest BCUT2D eigenvalue weighted by molar-refractivity contribution is 0.473. The molecule has 2 aromatic rings. The Morgan fingerprint density at radius 2 is 1.85 bits per heavy atom. The number of hydrogen-bond donors (Lipinski definition) is 1. The largest absolute Gasteiger partial charge is 0.313 e. The monoisotopic (exact) mass is 279 g/mol. The van der Waals surface area contributed by atoms with Crippen molar-refractivity contribution in [1.29, 1.82) is 0 Å². The lowest BCUT2D eigenvalue weighted by Crippen LogP contribution is -2.21. The van der Waals surface area contributed by atoms with Crippen LogP contribution in [0.1, 0.15) is 22.7 Å². The third-order valence-electron chi connectivity index (χ3n) is 3.43. The molecule has 0 bridgehead atoms. The predicted octanol–water partition coefficient (Wildman–Crippen LogP) is 3.92. The fourth-order valence-corrected chi connectivity index (χ4v) is 2.27. The number of aryl methyl sites for hydroxylation is 1. The maximum absolute atomic E-state index is 13.8. The normalized spacial score (nSPS) is 12.4. The molecule has 0 heterocycles. The van der Waals surface area contributed by atoms with E-state index in [4.69, 9.17) is 0 Å². The minimum absolute atomic E-state index is 0.274. The van der Waals surface area contributed by atoms with Gasteiger partial charge in [0.05, 0.1) is 0 Å². The van der Waals surface area contributed by atoms with Crippen molar-refractivity contribution in [2.45, 2.75) is 19.4 Å². The molecule has 0 aliphatic rings. The van der Waals surface area contributed by atoms with Gasteiger partial charge in [-0.05, 0) is 49.7 Å². The molecule has 1 unspecified atom stereocenters. The summed E-state index contributed by atoms with van der Waals surface area (Å²) in [4.78, 5) is 0. The van der Waals surface area contributed by atoms with Gasteiger partial charge in [-0.1, -0.05) is 18.2 Å². The lowest BCUT2D eigenvalue weighted by atomic mass is 9.95. The van der Waals surface area contributed by atoms with Crippen molar-refractivity contribution in [2.24, 2.45) is 0 Å². The van der Waals surface area contributed by atoms with E-state index < -0.39 is 11.6 Å². The van der Waals surface area contributed by atoms with E-state index in [0.29, 0.717) is 6.42 Å². The summed E-state index contributed by atoms with van der Waals surface area (Å²) in [6.07, 6.45) is 0.461. The van der Waals surface area contributed by atoms with E-state index in [1.807, 2.05) is 0 Å². The quantitative estimate of drug-likeness (QED) is 0.894. The van der Waals surface area contributed by atoms with E-state index in [0.717, 1.165) is 17.2 Å². The summed E-state index contributed by atoms with van der Waals surface area (Å²) in [6, 6.07) is 8.24. The molecule has 0 amide bonds. The summed E-state index contributed by atoms with van der Waals surface area (Å²) in [7, 11) is 1.69. The van der Waals surface area contributed by atoms with Gasteiger partial charge in [0.2, 0.25) is 0 Å². The van der Waals surface area contributed by atoms with Crippen LogP contribution in [0.4, 0.5) is 13.2 Å². The molecular weight excluding hydrogens is 263 g/mol. The average molecular weight is 279 g/mol. The summed E-state index contributed by atoms with van der Waals surface area (Å²) < 4.78 is 40.2. The molecule has 20 heavy (non-hydrogen) atoms. The summed E-state index contributed by atoms with van der Waals surface area (Å²) in [5.74, 6) is -2.01. The first-order chi connectivity index (χ1) is 9.52. The molecule has 1 N–H and O–H groups in total. The molecule has 1 nitrogen and oxygen atoms in total. The van der Waals surface area contributed by atoms with Crippen molar-refractivity contribution < 1.29 is 13.2 Å². The van der Waals surface area contributed by atoms with E-state index in [1.54, 1.807) is 26.1 Å². The highest BCUT2D eigenvalue weighted by Crippen LogP contribution is 2.24. The SMILES string of the molecule is CNC(Cc1ccc(F)cc1C)c1cccc(F)c1F. The summed E-state index contributed by atoms with van der Waals surface area (Å²) in [5.41, 5.74) is 1.97. The van der Waals surface area contributed by atoms with Crippen LogP contribution < -0.4 is 5.32 Å². The topological polar surface area (TPSA) is 12.0 Å². The smallest absolute Gasteiger partial charge is 0.163 e. The Bertz CT molecular complexity index is 611. The predicted molar refractivity (Wildman–Crippen MR) is 73.0 cm³/mol. The van der Waals surface area contributed by atoms with E-state index in [2.05, 4.69) is 5.32 Å². The molecular formula is C16H16F3N. The van der Waals surface area contributed by atoms with Gasteiger partial charge in [-0.2, -0.15) is 0 Å². The van der Waals surface area contributed by atoms with Gasteiger partial charge in [0.15, 0.2) is 11.6 Å². The van der Waals surface area contributed by atoms with Gasteiger partial charge in [-0.25, -0.2) is 13.2 Å². The maximum Gasteiger partial charge on any atom is 0.163 e. The molecule has 0 fully saturated rings. The van der Waals surface area contributed by atoms with Gasteiger partial charge in [0, 0.05) is 11.6 Å². The van der Waals surface area contributed by atoms with Gasteiger partial charge in [0.25, 0.3) is 0 Å². The lowest BCUT2D eigenvalue weighted by Gasteiger charge is -2.19. The molecule has 0 radical (unpaired) electrons. The van der Waals surface area contributed by atoms with E-state index in [1.165, 1.54) is 18.2 Å². The van der Waals surface area contributed by atoms with Crippen LogP contribution in [0, 0.1) is 24.4 Å². The molecule has 2 rings (SSSR count). The van der Waals surface area contributed by atoms with Gasteiger partial charge in [0.1, 0.15) is 5.82 Å². The standard InChI is InChI=1S/C16H16F3N/c1-10-8-12(17)7-6-11(10)9-15(20-2)13-4-3-5-14(18)16(13)19/h3-8,15,20H,9H2,1-2H3. The molecule has 0 aliphatic carbocycles. The third-order valence-corrected chi connectivity index (χ3v) is 3.43. The van der Waals surface area contributed by atoms with Gasteiger partial charge < -0.3 is 5.32 Å². The van der Waals surface area contributed by atoms with Crippen LogP contribution in [0.2, 0.25) is 0 Å². The molecule has 0 aliphatic heterocycles. The summed E-state index contributed by atoms with van der Waals surface area (Å²) >= 11 is 0. The Kier molecular flexibility index (Phi) is 4.45. The number of halogens is 3. The molecule has 0 saturated carbocycles. The van der Waals surface area contributed by atoms with Crippen molar-refractivity contribution in [1.82, 2.24) is 5.32 Å². The zero-order valence-electron chi connectivity index (χ0n) is 11.4. The first kappa shape index (κ1) is 14.6. The Morgan fingerprint density at radius 3 is 2.50 bits per heavy atom. The summed E-state index contributed by atoms with van der Waals surface area (Å²) in [6.45, 7) is 1.80. The van der Waals surface area contributed by atoms with Crippen molar-refractivity contribution in [3.05, 3.63) is 70.5 Å². The highest BCUT2D eigenvalue weighted by molar-refractivity contribution is 5.30.